The van der Waals surface area contributed by atoms with Crippen LogP contribution in [0.5, 0.6) is 0 Å². The van der Waals surface area contributed by atoms with Crippen LogP contribution in [0.2, 0.25) is 0 Å². The van der Waals surface area contributed by atoms with Crippen molar-refractivity contribution in [2.75, 3.05) is 6.61 Å². The second-order valence-electron chi connectivity index (χ2n) is 4.12. The smallest absolute Gasteiger partial charge is 0.156 e. The van der Waals surface area contributed by atoms with E-state index in [-0.39, 0.29) is 0 Å². The van der Waals surface area contributed by atoms with Gasteiger partial charge in [0, 0.05) is 12.6 Å². The summed E-state index contributed by atoms with van der Waals surface area (Å²) in [5.41, 5.74) is 5.59. The molecule has 0 saturated heterocycles. The highest BCUT2D eigenvalue weighted by Crippen LogP contribution is 2.22. The summed E-state index contributed by atoms with van der Waals surface area (Å²) >= 11 is 0. The molecule has 4 nitrogen and oxygen atoms in total. The van der Waals surface area contributed by atoms with Crippen molar-refractivity contribution in [3.05, 3.63) is 0 Å². The standard InChI is InChI=1S/C6H13NO.C3H8O2/c7-6-2-1-5(3-6)4-8;1-3(2,4)5/h5-6,8H,1-4,7H2;4-5H,1-2H3/t5?,6-;/m0./s1. The van der Waals surface area contributed by atoms with Gasteiger partial charge in [0.2, 0.25) is 0 Å². The minimum Gasteiger partial charge on any atom is -0.396 e. The monoisotopic (exact) mass is 191 g/mol. The summed E-state index contributed by atoms with van der Waals surface area (Å²) in [4.78, 5) is 0. The lowest BCUT2D eigenvalue weighted by atomic mass is 10.1. The quantitative estimate of drug-likeness (QED) is 0.433. The molecule has 0 amide bonds. The lowest BCUT2D eigenvalue weighted by molar-refractivity contribution is -0.127. The van der Waals surface area contributed by atoms with E-state index in [0.717, 1.165) is 19.3 Å². The Morgan fingerprint density at radius 3 is 1.92 bits per heavy atom. The van der Waals surface area contributed by atoms with Crippen LogP contribution < -0.4 is 5.73 Å². The molecule has 1 aliphatic rings. The summed E-state index contributed by atoms with van der Waals surface area (Å²) in [5.74, 6) is -0.995. The average Bonchev–Trinajstić information content (AvgIpc) is 2.31. The minimum absolute atomic E-state index is 0.327. The van der Waals surface area contributed by atoms with E-state index < -0.39 is 5.79 Å². The van der Waals surface area contributed by atoms with E-state index in [9.17, 15) is 0 Å². The SMILES string of the molecule is CC(C)(O)O.N[C@H]1CCC(CO)C1. The number of aliphatic hydroxyl groups is 3. The maximum absolute atomic E-state index is 8.63. The molecule has 1 fully saturated rings. The van der Waals surface area contributed by atoms with E-state index in [1.54, 1.807) is 0 Å². The van der Waals surface area contributed by atoms with Crippen LogP contribution in [0.25, 0.3) is 0 Å². The van der Waals surface area contributed by atoms with Gasteiger partial charge in [-0.25, -0.2) is 0 Å². The molecule has 0 aliphatic heterocycles. The van der Waals surface area contributed by atoms with Crippen molar-refractivity contribution in [3.63, 3.8) is 0 Å². The number of aliphatic hydroxyl groups excluding tert-OH is 1. The molecule has 0 aromatic rings. The molecule has 0 bridgehead atoms. The summed E-state index contributed by atoms with van der Waals surface area (Å²) in [6, 6.07) is 0.368. The molecule has 1 unspecified atom stereocenters. The molecule has 5 N–H and O–H groups in total. The molecule has 0 radical (unpaired) electrons. The van der Waals surface area contributed by atoms with Gasteiger partial charge in [-0.15, -0.1) is 0 Å². The van der Waals surface area contributed by atoms with Gasteiger partial charge in [-0.2, -0.15) is 0 Å². The maximum Gasteiger partial charge on any atom is 0.156 e. The van der Waals surface area contributed by atoms with E-state index >= 15 is 0 Å². The van der Waals surface area contributed by atoms with Crippen LogP contribution >= 0.6 is 0 Å². The van der Waals surface area contributed by atoms with Crippen molar-refractivity contribution in [1.29, 1.82) is 0 Å². The molecule has 13 heavy (non-hydrogen) atoms. The molecule has 2 atom stereocenters. The van der Waals surface area contributed by atoms with E-state index in [2.05, 4.69) is 0 Å². The Hall–Kier alpha value is -0.160. The second-order valence-corrected chi connectivity index (χ2v) is 4.12. The summed E-state index contributed by atoms with van der Waals surface area (Å²) in [6.07, 6.45) is 3.25. The van der Waals surface area contributed by atoms with Gasteiger partial charge in [-0.3, -0.25) is 0 Å². The van der Waals surface area contributed by atoms with Crippen LogP contribution in [0.1, 0.15) is 33.1 Å². The Balaban J connectivity index is 0.000000252. The molecule has 0 aromatic carbocycles. The van der Waals surface area contributed by atoms with Crippen molar-refractivity contribution in [2.45, 2.75) is 44.9 Å². The molecule has 4 heteroatoms. The highest BCUT2D eigenvalue weighted by molar-refractivity contribution is 4.76. The summed E-state index contributed by atoms with van der Waals surface area (Å²) in [5, 5.41) is 24.8. The molecule has 0 aromatic heterocycles. The molecule has 80 valence electrons. The van der Waals surface area contributed by atoms with Gasteiger partial charge in [-0.05, 0) is 39.0 Å². The normalized spacial score (nSPS) is 28.2. The van der Waals surface area contributed by atoms with E-state index in [1.807, 2.05) is 0 Å². The fraction of sp³-hybridized carbons (Fsp3) is 1.00. The van der Waals surface area contributed by atoms with Crippen molar-refractivity contribution < 1.29 is 15.3 Å². The van der Waals surface area contributed by atoms with Crippen LogP contribution in [-0.2, 0) is 0 Å². The zero-order chi connectivity index (χ0) is 10.5. The van der Waals surface area contributed by atoms with E-state index in [4.69, 9.17) is 21.1 Å². The minimum atomic E-state index is -1.50. The molecular formula is C9H21NO3. The highest BCUT2D eigenvalue weighted by atomic mass is 16.5. The number of hydrogen-bond acceptors (Lipinski definition) is 4. The van der Waals surface area contributed by atoms with Gasteiger partial charge in [0.05, 0.1) is 0 Å². The molecule has 0 heterocycles. The molecule has 1 aliphatic carbocycles. The molecule has 0 spiro atoms. The van der Waals surface area contributed by atoms with Gasteiger partial charge in [0.15, 0.2) is 5.79 Å². The lowest BCUT2D eigenvalue weighted by Crippen LogP contribution is -2.15. The maximum atomic E-state index is 8.63. The first-order valence-corrected chi connectivity index (χ1v) is 4.64. The molecular weight excluding hydrogens is 170 g/mol. The van der Waals surface area contributed by atoms with Crippen molar-refractivity contribution in [2.24, 2.45) is 11.7 Å². The Bertz CT molecular complexity index is 127. The molecule has 1 saturated carbocycles. The van der Waals surface area contributed by atoms with Crippen LogP contribution in [0.3, 0.4) is 0 Å². The van der Waals surface area contributed by atoms with Gasteiger partial charge in [-0.1, -0.05) is 0 Å². The van der Waals surface area contributed by atoms with Gasteiger partial charge >= 0.3 is 0 Å². The second kappa shape index (κ2) is 5.54. The fourth-order valence-corrected chi connectivity index (χ4v) is 1.28. The third-order valence-electron chi connectivity index (χ3n) is 1.84. The summed E-state index contributed by atoms with van der Waals surface area (Å²) < 4.78 is 0. The first-order chi connectivity index (χ1) is 5.83. The number of rotatable bonds is 1. The Morgan fingerprint density at radius 1 is 1.31 bits per heavy atom. The Kier molecular flexibility index (Phi) is 5.48. The van der Waals surface area contributed by atoms with Crippen LogP contribution in [0.4, 0.5) is 0 Å². The summed E-state index contributed by atoms with van der Waals surface area (Å²) in [6.45, 7) is 2.92. The van der Waals surface area contributed by atoms with Crippen molar-refractivity contribution in [3.8, 4) is 0 Å². The first-order valence-electron chi connectivity index (χ1n) is 4.64. The van der Waals surface area contributed by atoms with Crippen LogP contribution in [0, 0.1) is 5.92 Å². The van der Waals surface area contributed by atoms with Crippen molar-refractivity contribution in [1.82, 2.24) is 0 Å². The Morgan fingerprint density at radius 2 is 1.77 bits per heavy atom. The van der Waals surface area contributed by atoms with E-state index in [0.29, 0.717) is 18.6 Å². The van der Waals surface area contributed by atoms with Gasteiger partial charge < -0.3 is 21.1 Å². The molecule has 1 rings (SSSR count). The first kappa shape index (κ1) is 12.8. The van der Waals surface area contributed by atoms with Crippen LogP contribution in [-0.4, -0.2) is 33.8 Å². The zero-order valence-electron chi connectivity index (χ0n) is 8.40. The number of nitrogens with two attached hydrogens (primary N) is 1. The summed E-state index contributed by atoms with van der Waals surface area (Å²) in [7, 11) is 0. The largest absolute Gasteiger partial charge is 0.396 e. The number of hydrogen-bond donors (Lipinski definition) is 4. The zero-order valence-corrected chi connectivity index (χ0v) is 8.40. The fourth-order valence-electron chi connectivity index (χ4n) is 1.28. The predicted molar refractivity (Wildman–Crippen MR) is 50.9 cm³/mol. The third-order valence-corrected chi connectivity index (χ3v) is 1.84. The van der Waals surface area contributed by atoms with Gasteiger partial charge in [0.25, 0.3) is 0 Å². The van der Waals surface area contributed by atoms with E-state index in [1.165, 1.54) is 13.8 Å². The predicted octanol–water partition coefficient (Wildman–Crippen LogP) is -0.187. The average molecular weight is 191 g/mol. The van der Waals surface area contributed by atoms with Crippen molar-refractivity contribution >= 4 is 0 Å². The third kappa shape index (κ3) is 9.76. The van der Waals surface area contributed by atoms with Crippen LogP contribution in [0.15, 0.2) is 0 Å². The highest BCUT2D eigenvalue weighted by Gasteiger charge is 2.19. The topological polar surface area (TPSA) is 86.7 Å². The van der Waals surface area contributed by atoms with Gasteiger partial charge in [0.1, 0.15) is 0 Å². The lowest BCUT2D eigenvalue weighted by Gasteiger charge is -2.03. The Labute approximate surface area is 79.4 Å².